The number of benzene rings is 1. The van der Waals surface area contributed by atoms with Crippen molar-refractivity contribution in [1.82, 2.24) is 15.1 Å². The highest BCUT2D eigenvalue weighted by atomic mass is 32.1. The van der Waals surface area contributed by atoms with Crippen LogP contribution in [0, 0.1) is 0 Å². The molecule has 1 fully saturated rings. The van der Waals surface area contributed by atoms with Gasteiger partial charge in [0.2, 0.25) is 0 Å². The topological polar surface area (TPSA) is 27.7 Å². The lowest BCUT2D eigenvalue weighted by Gasteiger charge is -2.30. The Morgan fingerprint density at radius 3 is 2.67 bits per heavy atom. The molecule has 0 bridgehead atoms. The molecule has 1 aromatic carbocycles. The molecule has 1 heterocycles. The highest BCUT2D eigenvalue weighted by Crippen LogP contribution is 2.17. The van der Waals surface area contributed by atoms with Crippen LogP contribution in [0.25, 0.3) is 0 Å². The Labute approximate surface area is 133 Å². The van der Waals surface area contributed by atoms with Gasteiger partial charge in [0.15, 0.2) is 5.11 Å². The van der Waals surface area contributed by atoms with Crippen LogP contribution in [-0.2, 0) is 4.74 Å². The molecule has 0 unspecified atom stereocenters. The maximum absolute atomic E-state index is 5.49. The second-order valence-corrected chi connectivity index (χ2v) is 5.77. The van der Waals surface area contributed by atoms with E-state index in [0.29, 0.717) is 0 Å². The molecule has 21 heavy (non-hydrogen) atoms. The summed E-state index contributed by atoms with van der Waals surface area (Å²) in [6, 6.07) is 10.7. The molecule has 5 heteroatoms. The summed E-state index contributed by atoms with van der Waals surface area (Å²) in [5.74, 6) is 0. The molecule has 1 aliphatic heterocycles. The Morgan fingerprint density at radius 2 is 2.00 bits per heavy atom. The summed E-state index contributed by atoms with van der Waals surface area (Å²) in [6.07, 6.45) is 0. The lowest BCUT2D eigenvalue weighted by atomic mass is 10.1. The molecule has 0 amide bonds. The quantitative estimate of drug-likeness (QED) is 0.839. The Bertz CT molecular complexity index is 434. The number of hydrogen-bond donors (Lipinski definition) is 1. The molecule has 1 saturated heterocycles. The van der Waals surface area contributed by atoms with Crippen LogP contribution in [-0.4, -0.2) is 61.4 Å². The Kier molecular flexibility index (Phi) is 6.42. The zero-order chi connectivity index (χ0) is 15.1. The summed E-state index contributed by atoms with van der Waals surface area (Å²) in [5.41, 5.74) is 1.28. The van der Waals surface area contributed by atoms with E-state index in [0.717, 1.165) is 44.5 Å². The first-order valence-electron chi connectivity index (χ1n) is 7.54. The third kappa shape index (κ3) is 4.95. The van der Waals surface area contributed by atoms with Crippen molar-refractivity contribution in [2.24, 2.45) is 0 Å². The monoisotopic (exact) mass is 307 g/mol. The van der Waals surface area contributed by atoms with Crippen LogP contribution in [0.5, 0.6) is 0 Å². The van der Waals surface area contributed by atoms with E-state index in [4.69, 9.17) is 17.0 Å². The number of nitrogens with one attached hydrogen (secondary N) is 1. The van der Waals surface area contributed by atoms with Crippen molar-refractivity contribution in [3.05, 3.63) is 35.9 Å². The number of morpholine rings is 1. The van der Waals surface area contributed by atoms with Crippen molar-refractivity contribution < 1.29 is 4.74 Å². The van der Waals surface area contributed by atoms with Gasteiger partial charge < -0.3 is 15.0 Å². The molecule has 0 aliphatic carbocycles. The van der Waals surface area contributed by atoms with E-state index in [-0.39, 0.29) is 6.04 Å². The van der Waals surface area contributed by atoms with Crippen LogP contribution >= 0.6 is 12.2 Å². The van der Waals surface area contributed by atoms with E-state index < -0.39 is 0 Å². The van der Waals surface area contributed by atoms with Crippen LogP contribution in [0.3, 0.4) is 0 Å². The molecule has 1 N–H and O–H groups in total. The summed E-state index contributed by atoms with van der Waals surface area (Å²) < 4.78 is 5.35. The summed E-state index contributed by atoms with van der Waals surface area (Å²) in [6.45, 7) is 7.78. The van der Waals surface area contributed by atoms with Gasteiger partial charge in [0.25, 0.3) is 0 Å². The van der Waals surface area contributed by atoms with E-state index in [1.807, 2.05) is 13.1 Å². The van der Waals surface area contributed by atoms with Crippen LogP contribution < -0.4 is 5.32 Å². The standard InChI is InChI=1S/C16H25N3OS/c1-14(15-6-4-3-5-7-15)18(2)16(21)17-8-9-19-10-12-20-13-11-19/h3-7,14H,8-13H2,1-2H3,(H,17,21)/t14-/m1/s1. The van der Waals surface area contributed by atoms with E-state index in [1.165, 1.54) is 5.56 Å². The first-order chi connectivity index (χ1) is 10.2. The molecule has 0 aromatic heterocycles. The number of hydrogen-bond acceptors (Lipinski definition) is 3. The predicted molar refractivity (Wildman–Crippen MR) is 90.5 cm³/mol. The average Bonchev–Trinajstić information content (AvgIpc) is 2.55. The lowest BCUT2D eigenvalue weighted by Crippen LogP contribution is -2.44. The number of ether oxygens (including phenoxy) is 1. The van der Waals surface area contributed by atoms with Gasteiger partial charge in [-0.25, -0.2) is 0 Å². The number of thiocarbonyl (C=S) groups is 1. The fraction of sp³-hybridized carbons (Fsp3) is 0.562. The van der Waals surface area contributed by atoms with E-state index in [2.05, 4.69) is 46.3 Å². The van der Waals surface area contributed by atoms with Crippen molar-refractivity contribution >= 4 is 17.3 Å². The number of nitrogens with zero attached hydrogens (tertiary/aromatic N) is 2. The van der Waals surface area contributed by atoms with E-state index in [9.17, 15) is 0 Å². The average molecular weight is 307 g/mol. The molecular weight excluding hydrogens is 282 g/mol. The van der Waals surface area contributed by atoms with Gasteiger partial charge in [0.05, 0.1) is 19.3 Å². The third-order valence-corrected chi connectivity index (χ3v) is 4.42. The van der Waals surface area contributed by atoms with Crippen molar-refractivity contribution in [3.63, 3.8) is 0 Å². The molecule has 0 radical (unpaired) electrons. The SMILES string of the molecule is C[C@H](c1ccccc1)N(C)C(=S)NCCN1CCOCC1. The maximum Gasteiger partial charge on any atom is 0.169 e. The van der Waals surface area contributed by atoms with Gasteiger partial charge >= 0.3 is 0 Å². The minimum absolute atomic E-state index is 0.273. The van der Waals surface area contributed by atoms with E-state index in [1.54, 1.807) is 0 Å². The van der Waals surface area contributed by atoms with E-state index >= 15 is 0 Å². The lowest BCUT2D eigenvalue weighted by molar-refractivity contribution is 0.0388. The molecule has 0 saturated carbocycles. The van der Waals surface area contributed by atoms with Crippen LogP contribution in [0.2, 0.25) is 0 Å². The van der Waals surface area contributed by atoms with Gasteiger partial charge in [-0.1, -0.05) is 30.3 Å². The van der Waals surface area contributed by atoms with Gasteiger partial charge in [-0.05, 0) is 24.7 Å². The first kappa shape index (κ1) is 16.2. The van der Waals surface area contributed by atoms with Crippen molar-refractivity contribution in [2.75, 3.05) is 46.4 Å². The summed E-state index contributed by atoms with van der Waals surface area (Å²) in [4.78, 5) is 4.52. The van der Waals surface area contributed by atoms with Crippen LogP contribution in [0.15, 0.2) is 30.3 Å². The highest BCUT2D eigenvalue weighted by molar-refractivity contribution is 7.80. The second kappa shape index (κ2) is 8.32. The van der Waals surface area contributed by atoms with Crippen LogP contribution in [0.1, 0.15) is 18.5 Å². The molecule has 0 spiro atoms. The molecule has 1 aliphatic rings. The highest BCUT2D eigenvalue weighted by Gasteiger charge is 2.14. The molecule has 116 valence electrons. The van der Waals surface area contributed by atoms with Gasteiger partial charge in [-0.3, -0.25) is 4.90 Å². The van der Waals surface area contributed by atoms with Gasteiger partial charge in [-0.2, -0.15) is 0 Å². The minimum Gasteiger partial charge on any atom is -0.379 e. The third-order valence-electron chi connectivity index (χ3n) is 3.99. The molecular formula is C16H25N3OS. The fourth-order valence-electron chi connectivity index (χ4n) is 2.40. The smallest absolute Gasteiger partial charge is 0.169 e. The molecule has 1 atom stereocenters. The van der Waals surface area contributed by atoms with Gasteiger partial charge in [-0.15, -0.1) is 0 Å². The first-order valence-corrected chi connectivity index (χ1v) is 7.95. The largest absolute Gasteiger partial charge is 0.379 e. The predicted octanol–water partition coefficient (Wildman–Crippen LogP) is 1.89. The normalized spacial score (nSPS) is 17.2. The summed E-state index contributed by atoms with van der Waals surface area (Å²) in [7, 11) is 2.04. The minimum atomic E-state index is 0.273. The summed E-state index contributed by atoms with van der Waals surface area (Å²) >= 11 is 5.49. The molecule has 1 aromatic rings. The Balaban J connectivity index is 1.74. The van der Waals surface area contributed by atoms with Gasteiger partial charge in [0.1, 0.15) is 0 Å². The Hall–Kier alpha value is -1.17. The number of rotatable bonds is 5. The fourth-order valence-corrected chi connectivity index (χ4v) is 2.66. The summed E-state index contributed by atoms with van der Waals surface area (Å²) in [5, 5.41) is 4.16. The zero-order valence-electron chi connectivity index (χ0n) is 12.9. The Morgan fingerprint density at radius 1 is 1.33 bits per heavy atom. The van der Waals surface area contributed by atoms with Crippen molar-refractivity contribution in [2.45, 2.75) is 13.0 Å². The zero-order valence-corrected chi connectivity index (χ0v) is 13.7. The van der Waals surface area contributed by atoms with Gasteiger partial charge in [0, 0.05) is 33.2 Å². The maximum atomic E-state index is 5.49. The molecule has 2 rings (SSSR count). The van der Waals surface area contributed by atoms with Crippen LogP contribution in [0.4, 0.5) is 0 Å². The molecule has 4 nitrogen and oxygen atoms in total. The van der Waals surface area contributed by atoms with Crippen molar-refractivity contribution in [3.8, 4) is 0 Å². The second-order valence-electron chi connectivity index (χ2n) is 5.38. The van der Waals surface area contributed by atoms with Crippen molar-refractivity contribution in [1.29, 1.82) is 0 Å².